The smallest absolute Gasteiger partial charge is 0.315 e. The molecule has 2 amide bonds. The molecule has 0 aliphatic heterocycles. The number of carbonyl (C=O) groups is 1. The largest absolute Gasteiger partial charge is 0.338 e. The quantitative estimate of drug-likeness (QED) is 0.800. The molecule has 114 valence electrons. The van der Waals surface area contributed by atoms with Gasteiger partial charge in [-0.3, -0.25) is 0 Å². The minimum atomic E-state index is -0.222. The van der Waals surface area contributed by atoms with Crippen molar-refractivity contribution in [1.82, 2.24) is 10.6 Å². The molecule has 1 atom stereocenters. The Bertz CT molecular complexity index is 513. The van der Waals surface area contributed by atoms with Crippen LogP contribution in [0.15, 0.2) is 35.9 Å². The third kappa shape index (κ3) is 4.88. The first-order chi connectivity index (χ1) is 10.2. The number of hydrogen-bond donors (Lipinski definition) is 2. The highest BCUT2D eigenvalue weighted by Gasteiger charge is 2.13. The molecule has 1 unspecified atom stereocenters. The molecule has 2 N–H and O–H groups in total. The number of urea groups is 1. The molecule has 0 spiro atoms. The standard InChI is InChI=1S/C17H23FN2O/c1-13(14-7-3-2-4-8-14)20-17(21)19-12-11-15-9-5-6-10-16(15)18/h5-7,9-10,13H,2-4,8,11-12H2,1H3,(H2,19,20,21). The minimum absolute atomic E-state index is 0.0683. The normalized spacial score (nSPS) is 16.0. The maximum atomic E-state index is 13.4. The molecular formula is C17H23FN2O. The van der Waals surface area contributed by atoms with Crippen molar-refractivity contribution in [2.24, 2.45) is 0 Å². The molecule has 4 heteroatoms. The van der Waals surface area contributed by atoms with Crippen LogP contribution < -0.4 is 10.6 Å². The van der Waals surface area contributed by atoms with Gasteiger partial charge in [-0.1, -0.05) is 29.8 Å². The first-order valence-electron chi connectivity index (χ1n) is 7.63. The summed E-state index contributed by atoms with van der Waals surface area (Å²) in [6.45, 7) is 2.44. The Morgan fingerprint density at radius 1 is 1.33 bits per heavy atom. The van der Waals surface area contributed by atoms with Crippen LogP contribution in [0.3, 0.4) is 0 Å². The maximum Gasteiger partial charge on any atom is 0.315 e. The summed E-state index contributed by atoms with van der Waals surface area (Å²) in [5.41, 5.74) is 1.94. The highest BCUT2D eigenvalue weighted by atomic mass is 19.1. The number of nitrogens with one attached hydrogen (secondary N) is 2. The average molecular weight is 290 g/mol. The Hall–Kier alpha value is -1.84. The van der Waals surface area contributed by atoms with E-state index in [4.69, 9.17) is 0 Å². The highest BCUT2D eigenvalue weighted by Crippen LogP contribution is 2.19. The second kappa shape index (κ2) is 7.81. The van der Waals surface area contributed by atoms with E-state index in [0.29, 0.717) is 18.5 Å². The summed E-state index contributed by atoms with van der Waals surface area (Å²) in [7, 11) is 0. The van der Waals surface area contributed by atoms with Gasteiger partial charge in [0.25, 0.3) is 0 Å². The van der Waals surface area contributed by atoms with Crippen LogP contribution >= 0.6 is 0 Å². The van der Waals surface area contributed by atoms with E-state index >= 15 is 0 Å². The van der Waals surface area contributed by atoms with Crippen LogP contribution in [0.1, 0.15) is 38.2 Å². The predicted octanol–water partition coefficient (Wildman–Crippen LogP) is 3.56. The van der Waals surface area contributed by atoms with Gasteiger partial charge in [-0.05, 0) is 50.7 Å². The van der Waals surface area contributed by atoms with E-state index in [1.807, 2.05) is 6.92 Å². The summed E-state index contributed by atoms with van der Waals surface area (Å²) >= 11 is 0. The number of hydrogen-bond acceptors (Lipinski definition) is 1. The Labute approximate surface area is 125 Å². The van der Waals surface area contributed by atoms with Gasteiger partial charge in [0.15, 0.2) is 0 Å². The fourth-order valence-corrected chi connectivity index (χ4v) is 2.61. The number of benzene rings is 1. The summed E-state index contributed by atoms with van der Waals surface area (Å²) in [6, 6.07) is 6.52. The molecule has 1 aliphatic carbocycles. The first-order valence-corrected chi connectivity index (χ1v) is 7.63. The number of amides is 2. The molecule has 0 fully saturated rings. The van der Waals surface area contributed by atoms with Crippen molar-refractivity contribution < 1.29 is 9.18 Å². The zero-order valence-electron chi connectivity index (χ0n) is 12.5. The molecule has 2 rings (SSSR count). The van der Waals surface area contributed by atoms with Gasteiger partial charge in [0.05, 0.1) is 0 Å². The van der Waals surface area contributed by atoms with Crippen LogP contribution in [0.4, 0.5) is 9.18 Å². The summed E-state index contributed by atoms with van der Waals surface area (Å²) in [5, 5.41) is 5.72. The van der Waals surface area contributed by atoms with Crippen molar-refractivity contribution in [3.05, 3.63) is 47.3 Å². The van der Waals surface area contributed by atoms with E-state index in [-0.39, 0.29) is 17.9 Å². The maximum absolute atomic E-state index is 13.4. The molecule has 3 nitrogen and oxygen atoms in total. The third-order valence-electron chi connectivity index (χ3n) is 3.87. The lowest BCUT2D eigenvalue weighted by Crippen LogP contribution is -2.42. The summed E-state index contributed by atoms with van der Waals surface area (Å²) < 4.78 is 13.4. The second-order valence-electron chi connectivity index (χ2n) is 5.49. The van der Waals surface area contributed by atoms with Crippen molar-refractivity contribution in [2.75, 3.05) is 6.54 Å². The van der Waals surface area contributed by atoms with Gasteiger partial charge in [0.2, 0.25) is 0 Å². The number of rotatable bonds is 5. The molecule has 1 aliphatic rings. The molecule has 0 heterocycles. The van der Waals surface area contributed by atoms with Gasteiger partial charge in [-0.2, -0.15) is 0 Å². The molecule has 1 aromatic rings. The molecule has 1 aromatic carbocycles. The lowest BCUT2D eigenvalue weighted by Gasteiger charge is -2.21. The Balaban J connectivity index is 1.72. The molecule has 0 aromatic heterocycles. The SMILES string of the molecule is CC(NC(=O)NCCc1ccccc1F)C1=CCCCC1. The summed E-state index contributed by atoms with van der Waals surface area (Å²) in [5.74, 6) is -0.222. The highest BCUT2D eigenvalue weighted by molar-refractivity contribution is 5.74. The van der Waals surface area contributed by atoms with E-state index in [1.54, 1.807) is 18.2 Å². The van der Waals surface area contributed by atoms with E-state index < -0.39 is 0 Å². The summed E-state index contributed by atoms with van der Waals surface area (Å²) in [6.07, 6.45) is 7.34. The third-order valence-corrected chi connectivity index (χ3v) is 3.87. The van der Waals surface area contributed by atoms with Gasteiger partial charge >= 0.3 is 6.03 Å². The molecule has 21 heavy (non-hydrogen) atoms. The van der Waals surface area contributed by atoms with Crippen LogP contribution in [0.25, 0.3) is 0 Å². The predicted molar refractivity (Wildman–Crippen MR) is 82.7 cm³/mol. The van der Waals surface area contributed by atoms with Gasteiger partial charge in [0, 0.05) is 12.6 Å². The van der Waals surface area contributed by atoms with Crippen LogP contribution in [0, 0.1) is 5.82 Å². The van der Waals surface area contributed by atoms with Crippen molar-refractivity contribution in [2.45, 2.75) is 45.1 Å². The lowest BCUT2D eigenvalue weighted by molar-refractivity contribution is 0.239. The second-order valence-corrected chi connectivity index (χ2v) is 5.49. The molecule has 0 saturated carbocycles. The Morgan fingerprint density at radius 3 is 2.86 bits per heavy atom. The lowest BCUT2D eigenvalue weighted by atomic mass is 9.95. The first kappa shape index (κ1) is 15.5. The molecular weight excluding hydrogens is 267 g/mol. The number of carbonyl (C=O) groups excluding carboxylic acids is 1. The van der Waals surface area contributed by atoms with E-state index in [1.165, 1.54) is 24.5 Å². The zero-order valence-corrected chi connectivity index (χ0v) is 12.5. The Morgan fingerprint density at radius 2 is 2.14 bits per heavy atom. The van der Waals surface area contributed by atoms with Crippen LogP contribution in [-0.2, 0) is 6.42 Å². The minimum Gasteiger partial charge on any atom is -0.338 e. The van der Waals surface area contributed by atoms with Crippen molar-refractivity contribution in [3.63, 3.8) is 0 Å². The topological polar surface area (TPSA) is 41.1 Å². The fourth-order valence-electron chi connectivity index (χ4n) is 2.61. The van der Waals surface area contributed by atoms with E-state index in [2.05, 4.69) is 16.7 Å². The van der Waals surface area contributed by atoms with Crippen molar-refractivity contribution >= 4 is 6.03 Å². The monoisotopic (exact) mass is 290 g/mol. The van der Waals surface area contributed by atoms with Crippen molar-refractivity contribution in [3.8, 4) is 0 Å². The van der Waals surface area contributed by atoms with Gasteiger partial charge in [0.1, 0.15) is 5.82 Å². The Kier molecular flexibility index (Phi) is 5.78. The molecule has 0 saturated heterocycles. The summed E-state index contributed by atoms with van der Waals surface area (Å²) in [4.78, 5) is 11.8. The number of halogens is 1. The van der Waals surface area contributed by atoms with Gasteiger partial charge in [-0.25, -0.2) is 9.18 Å². The van der Waals surface area contributed by atoms with Crippen LogP contribution in [-0.4, -0.2) is 18.6 Å². The van der Waals surface area contributed by atoms with Crippen LogP contribution in [0.5, 0.6) is 0 Å². The molecule has 0 bridgehead atoms. The van der Waals surface area contributed by atoms with Gasteiger partial charge in [-0.15, -0.1) is 0 Å². The number of allylic oxidation sites excluding steroid dienone is 1. The van der Waals surface area contributed by atoms with Gasteiger partial charge < -0.3 is 10.6 Å². The average Bonchev–Trinajstić information content (AvgIpc) is 2.50. The zero-order chi connectivity index (χ0) is 15.1. The van der Waals surface area contributed by atoms with Crippen molar-refractivity contribution in [1.29, 1.82) is 0 Å². The van der Waals surface area contributed by atoms with E-state index in [9.17, 15) is 9.18 Å². The van der Waals surface area contributed by atoms with E-state index in [0.717, 1.165) is 12.8 Å². The van der Waals surface area contributed by atoms with Crippen LogP contribution in [0.2, 0.25) is 0 Å². The molecule has 0 radical (unpaired) electrons. The fraction of sp³-hybridized carbons (Fsp3) is 0.471.